The van der Waals surface area contributed by atoms with Crippen molar-refractivity contribution in [3.8, 4) is 0 Å². The van der Waals surface area contributed by atoms with Gasteiger partial charge in [0.15, 0.2) is 0 Å². The van der Waals surface area contributed by atoms with Crippen LogP contribution in [-0.2, 0) is 9.53 Å². The Labute approximate surface area is 83.2 Å². The van der Waals surface area contributed by atoms with Crippen molar-refractivity contribution in [3.63, 3.8) is 0 Å². The third-order valence-corrected chi connectivity index (χ3v) is 5.19. The van der Waals surface area contributed by atoms with Crippen molar-refractivity contribution in [1.82, 2.24) is 5.32 Å². The van der Waals surface area contributed by atoms with Gasteiger partial charge in [-0.2, -0.15) is 0 Å². The molecule has 2 aliphatic carbocycles. The van der Waals surface area contributed by atoms with Crippen LogP contribution in [0.25, 0.3) is 0 Å². The molecule has 4 rings (SSSR count). The lowest BCUT2D eigenvalue weighted by Gasteiger charge is -2.38. The van der Waals surface area contributed by atoms with E-state index >= 15 is 0 Å². The van der Waals surface area contributed by atoms with E-state index in [4.69, 9.17) is 4.74 Å². The highest BCUT2D eigenvalue weighted by molar-refractivity contribution is 5.83. The third-order valence-electron chi connectivity index (χ3n) is 5.19. The highest BCUT2D eigenvalue weighted by Gasteiger charge is 2.69. The molecule has 6 unspecified atom stereocenters. The normalized spacial score (nSPS) is 63.2. The lowest BCUT2D eigenvalue weighted by Crippen LogP contribution is -2.48. The molecule has 0 aromatic carbocycles. The molecule has 2 saturated heterocycles. The van der Waals surface area contributed by atoms with Gasteiger partial charge in [0.2, 0.25) is 5.91 Å². The number of fused-ring (bicyclic) bond motifs is 2. The molecule has 14 heavy (non-hydrogen) atoms. The van der Waals surface area contributed by atoms with Crippen molar-refractivity contribution in [2.75, 3.05) is 0 Å². The second kappa shape index (κ2) is 2.01. The first-order chi connectivity index (χ1) is 6.71. The highest BCUT2D eigenvalue weighted by Crippen LogP contribution is 2.62. The molecule has 0 aromatic heterocycles. The van der Waals surface area contributed by atoms with E-state index < -0.39 is 0 Å². The van der Waals surface area contributed by atoms with E-state index in [9.17, 15) is 4.79 Å². The Bertz CT molecular complexity index is 329. The molecule has 3 heteroatoms. The average molecular weight is 193 g/mol. The van der Waals surface area contributed by atoms with Crippen molar-refractivity contribution < 1.29 is 9.53 Å². The van der Waals surface area contributed by atoms with Crippen LogP contribution in [0.3, 0.4) is 0 Å². The summed E-state index contributed by atoms with van der Waals surface area (Å²) >= 11 is 0. The maximum absolute atomic E-state index is 11.8. The van der Waals surface area contributed by atoms with E-state index in [-0.39, 0.29) is 17.2 Å². The van der Waals surface area contributed by atoms with Crippen molar-refractivity contribution in [3.05, 3.63) is 0 Å². The van der Waals surface area contributed by atoms with Gasteiger partial charge in [-0.1, -0.05) is 6.92 Å². The van der Waals surface area contributed by atoms with E-state index in [2.05, 4.69) is 12.2 Å². The van der Waals surface area contributed by atoms with Crippen molar-refractivity contribution in [2.24, 2.45) is 17.3 Å². The summed E-state index contributed by atoms with van der Waals surface area (Å²) in [5.74, 6) is 1.29. The van der Waals surface area contributed by atoms with Crippen LogP contribution in [0.1, 0.15) is 26.2 Å². The lowest BCUT2D eigenvalue weighted by atomic mass is 9.65. The van der Waals surface area contributed by atoms with Crippen molar-refractivity contribution in [2.45, 2.75) is 44.4 Å². The lowest BCUT2D eigenvalue weighted by molar-refractivity contribution is -0.123. The molecule has 76 valence electrons. The topological polar surface area (TPSA) is 41.6 Å². The molecule has 3 nitrogen and oxygen atoms in total. The average Bonchev–Trinajstić information content (AvgIpc) is 2.76. The minimum absolute atomic E-state index is 0.217. The summed E-state index contributed by atoms with van der Waals surface area (Å²) in [7, 11) is 0. The predicted octanol–water partition coefficient (Wildman–Crippen LogP) is 0.688. The Morgan fingerprint density at radius 3 is 3.21 bits per heavy atom. The van der Waals surface area contributed by atoms with Gasteiger partial charge < -0.3 is 10.1 Å². The maximum atomic E-state index is 11.8. The fourth-order valence-electron chi connectivity index (χ4n) is 4.30. The van der Waals surface area contributed by atoms with E-state index in [0.717, 1.165) is 12.3 Å². The minimum atomic E-state index is 0.217. The highest BCUT2D eigenvalue weighted by atomic mass is 16.6. The number of epoxide rings is 1. The summed E-state index contributed by atoms with van der Waals surface area (Å²) in [5.41, 5.74) is 0.217. The smallest absolute Gasteiger partial charge is 0.224 e. The van der Waals surface area contributed by atoms with E-state index in [1.165, 1.54) is 12.8 Å². The molecule has 0 bridgehead atoms. The van der Waals surface area contributed by atoms with Gasteiger partial charge in [0.25, 0.3) is 0 Å². The van der Waals surface area contributed by atoms with Gasteiger partial charge in [0.1, 0.15) is 6.10 Å². The summed E-state index contributed by atoms with van der Waals surface area (Å²) in [6, 6.07) is 0.325. The van der Waals surface area contributed by atoms with Crippen LogP contribution >= 0.6 is 0 Å². The van der Waals surface area contributed by atoms with Crippen LogP contribution in [-0.4, -0.2) is 24.2 Å². The van der Waals surface area contributed by atoms with Gasteiger partial charge in [-0.15, -0.1) is 0 Å². The maximum Gasteiger partial charge on any atom is 0.224 e. The summed E-state index contributed by atoms with van der Waals surface area (Å²) in [6.07, 6.45) is 4.35. The van der Waals surface area contributed by atoms with Gasteiger partial charge in [-0.3, -0.25) is 4.79 Å². The predicted molar refractivity (Wildman–Crippen MR) is 49.5 cm³/mol. The zero-order valence-electron chi connectivity index (χ0n) is 8.32. The van der Waals surface area contributed by atoms with Crippen LogP contribution in [0.2, 0.25) is 0 Å². The number of hydrogen-bond donors (Lipinski definition) is 1. The second-order valence-electron chi connectivity index (χ2n) is 5.55. The van der Waals surface area contributed by atoms with Crippen molar-refractivity contribution >= 4 is 5.91 Å². The fraction of sp³-hybridized carbons (Fsp3) is 0.909. The first-order valence-electron chi connectivity index (χ1n) is 5.67. The molecule has 2 saturated carbocycles. The molecule has 4 fully saturated rings. The van der Waals surface area contributed by atoms with E-state index in [1.54, 1.807) is 0 Å². The van der Waals surface area contributed by atoms with E-state index in [0.29, 0.717) is 18.2 Å². The molecule has 4 aliphatic rings. The summed E-state index contributed by atoms with van der Waals surface area (Å²) < 4.78 is 5.64. The number of carbonyl (C=O) groups is 1. The molecule has 1 amide bonds. The van der Waals surface area contributed by atoms with Crippen LogP contribution in [0.4, 0.5) is 0 Å². The van der Waals surface area contributed by atoms with Gasteiger partial charge in [-0.25, -0.2) is 0 Å². The standard InChI is InChI=1S/C11H15NO2/c1-11-5-2-3-6(11)10(13)12-9(11)8-7(4-5)14-8/h5-9H,2-4H2,1H3,(H,12,13). The van der Waals surface area contributed by atoms with Gasteiger partial charge >= 0.3 is 0 Å². The molecular weight excluding hydrogens is 178 g/mol. The number of rotatable bonds is 0. The Morgan fingerprint density at radius 2 is 2.36 bits per heavy atom. The number of nitrogens with one attached hydrogen (secondary N) is 1. The Hall–Kier alpha value is -0.570. The molecule has 0 aromatic rings. The summed E-state index contributed by atoms with van der Waals surface area (Å²) in [5, 5.41) is 3.16. The number of hydrogen-bond acceptors (Lipinski definition) is 2. The largest absolute Gasteiger partial charge is 0.367 e. The quantitative estimate of drug-likeness (QED) is 0.575. The molecule has 2 heterocycles. The summed E-state index contributed by atoms with van der Waals surface area (Å²) in [4.78, 5) is 11.8. The number of ether oxygens (including phenoxy) is 1. The SMILES string of the molecule is CC12C3CCC1C(=O)NC2C1OC1C3. The van der Waals surface area contributed by atoms with Gasteiger partial charge in [0, 0.05) is 11.3 Å². The minimum Gasteiger partial charge on any atom is -0.367 e. The first-order valence-corrected chi connectivity index (χ1v) is 5.67. The summed E-state index contributed by atoms with van der Waals surface area (Å²) in [6.45, 7) is 2.30. The molecule has 2 aliphatic heterocycles. The van der Waals surface area contributed by atoms with Crippen LogP contribution in [0, 0.1) is 17.3 Å². The van der Waals surface area contributed by atoms with Gasteiger partial charge in [0.05, 0.1) is 12.1 Å². The Morgan fingerprint density at radius 1 is 1.50 bits per heavy atom. The number of carbonyl (C=O) groups excluding carboxylic acids is 1. The fourth-order valence-corrected chi connectivity index (χ4v) is 4.30. The zero-order valence-corrected chi connectivity index (χ0v) is 8.32. The molecular formula is C11H15NO2. The van der Waals surface area contributed by atoms with Crippen LogP contribution in [0.15, 0.2) is 0 Å². The third kappa shape index (κ3) is 0.630. The van der Waals surface area contributed by atoms with Crippen LogP contribution < -0.4 is 5.32 Å². The monoisotopic (exact) mass is 193 g/mol. The van der Waals surface area contributed by atoms with Crippen molar-refractivity contribution in [1.29, 1.82) is 0 Å². The number of amides is 1. The Balaban J connectivity index is 1.84. The van der Waals surface area contributed by atoms with E-state index in [1.807, 2.05) is 0 Å². The van der Waals surface area contributed by atoms with Gasteiger partial charge in [-0.05, 0) is 25.2 Å². The molecule has 6 atom stereocenters. The molecule has 1 N–H and O–H groups in total. The molecule has 0 radical (unpaired) electrons. The second-order valence-corrected chi connectivity index (χ2v) is 5.55. The Kier molecular flexibility index (Phi) is 1.10. The first kappa shape index (κ1) is 7.69. The zero-order chi connectivity index (χ0) is 9.50. The van der Waals surface area contributed by atoms with Crippen LogP contribution in [0.5, 0.6) is 0 Å². The molecule has 0 spiro atoms.